The molecule has 0 bridgehead atoms. The highest BCUT2D eigenvalue weighted by Crippen LogP contribution is 2.58. The Morgan fingerprint density at radius 2 is 2.00 bits per heavy atom. The number of benzene rings is 1. The van der Waals surface area contributed by atoms with Gasteiger partial charge in [-0.1, -0.05) is 12.1 Å². The summed E-state index contributed by atoms with van der Waals surface area (Å²) in [6.07, 6.45) is -1.62. The maximum absolute atomic E-state index is 12.4. The standard InChI is InChI=1S/C16H19F3N2O2/c17-16(18,19)10-23-13-4-2-1-3-12(13)21-14(22)11-9-15(11)5-7-20-8-6-15/h1-4,11,20H,5-10H2,(H,21,22). The summed E-state index contributed by atoms with van der Waals surface area (Å²) in [7, 11) is 0. The minimum atomic E-state index is -4.41. The largest absolute Gasteiger partial charge is 0.482 e. The molecule has 1 aromatic carbocycles. The van der Waals surface area contributed by atoms with E-state index in [2.05, 4.69) is 10.6 Å². The molecule has 1 atom stereocenters. The van der Waals surface area contributed by atoms with Crippen LogP contribution < -0.4 is 15.4 Å². The average molecular weight is 328 g/mol. The number of halogens is 3. The van der Waals surface area contributed by atoms with E-state index in [1.165, 1.54) is 6.07 Å². The molecule has 2 aliphatic rings. The van der Waals surface area contributed by atoms with Gasteiger partial charge in [-0.15, -0.1) is 0 Å². The van der Waals surface area contributed by atoms with Gasteiger partial charge in [0.1, 0.15) is 5.75 Å². The Morgan fingerprint density at radius 3 is 2.70 bits per heavy atom. The molecular weight excluding hydrogens is 309 g/mol. The second-order valence-corrected chi connectivity index (χ2v) is 6.26. The van der Waals surface area contributed by atoms with Crippen molar-refractivity contribution < 1.29 is 22.7 Å². The molecule has 2 fully saturated rings. The predicted molar refractivity (Wildman–Crippen MR) is 79.3 cm³/mol. The van der Waals surface area contributed by atoms with E-state index in [0.29, 0.717) is 0 Å². The molecule has 0 aromatic heterocycles. The molecule has 23 heavy (non-hydrogen) atoms. The van der Waals surface area contributed by atoms with E-state index < -0.39 is 12.8 Å². The van der Waals surface area contributed by atoms with Crippen LogP contribution in [0, 0.1) is 11.3 Å². The zero-order valence-electron chi connectivity index (χ0n) is 12.6. The van der Waals surface area contributed by atoms with Crippen molar-refractivity contribution in [2.45, 2.75) is 25.4 Å². The van der Waals surface area contributed by atoms with E-state index in [1.807, 2.05) is 0 Å². The number of piperidine rings is 1. The summed E-state index contributed by atoms with van der Waals surface area (Å²) >= 11 is 0. The Hall–Kier alpha value is -1.76. The first-order valence-electron chi connectivity index (χ1n) is 7.70. The maximum Gasteiger partial charge on any atom is 0.422 e. The van der Waals surface area contributed by atoms with Gasteiger partial charge in [-0.25, -0.2) is 0 Å². The van der Waals surface area contributed by atoms with Crippen molar-refractivity contribution in [2.24, 2.45) is 11.3 Å². The van der Waals surface area contributed by atoms with Gasteiger partial charge in [-0.3, -0.25) is 4.79 Å². The first-order chi connectivity index (χ1) is 10.9. The van der Waals surface area contributed by atoms with Crippen molar-refractivity contribution in [1.29, 1.82) is 0 Å². The van der Waals surface area contributed by atoms with Crippen LogP contribution in [-0.2, 0) is 4.79 Å². The molecule has 1 aliphatic carbocycles. The van der Waals surface area contributed by atoms with Gasteiger partial charge in [0.25, 0.3) is 0 Å². The van der Waals surface area contributed by atoms with Crippen LogP contribution in [0.15, 0.2) is 24.3 Å². The first-order valence-corrected chi connectivity index (χ1v) is 7.70. The summed E-state index contributed by atoms with van der Waals surface area (Å²) in [5, 5.41) is 6.00. The number of hydrogen-bond donors (Lipinski definition) is 2. The molecule has 4 nitrogen and oxygen atoms in total. The Balaban J connectivity index is 1.63. The zero-order chi connectivity index (χ0) is 16.5. The molecule has 2 N–H and O–H groups in total. The van der Waals surface area contributed by atoms with Gasteiger partial charge in [0.2, 0.25) is 5.91 Å². The van der Waals surface area contributed by atoms with Gasteiger partial charge in [0.05, 0.1) is 5.69 Å². The highest BCUT2D eigenvalue weighted by molar-refractivity contribution is 5.96. The lowest BCUT2D eigenvalue weighted by atomic mass is 9.92. The van der Waals surface area contributed by atoms with E-state index in [0.717, 1.165) is 32.4 Å². The van der Waals surface area contributed by atoms with Crippen LogP contribution in [0.4, 0.5) is 18.9 Å². The van der Waals surface area contributed by atoms with Crippen LogP contribution in [0.2, 0.25) is 0 Å². The lowest BCUT2D eigenvalue weighted by Crippen LogP contribution is -2.31. The first kappa shape index (κ1) is 16.1. The van der Waals surface area contributed by atoms with Crippen LogP contribution >= 0.6 is 0 Å². The normalized spacial score (nSPS) is 22.7. The quantitative estimate of drug-likeness (QED) is 0.893. The van der Waals surface area contributed by atoms with Gasteiger partial charge in [-0.2, -0.15) is 13.2 Å². The molecule has 1 spiro atoms. The molecule has 7 heteroatoms. The van der Waals surface area contributed by atoms with Crippen molar-refractivity contribution in [3.63, 3.8) is 0 Å². The molecule has 1 aromatic rings. The Bertz CT molecular complexity index is 583. The van der Waals surface area contributed by atoms with Gasteiger partial charge in [0, 0.05) is 5.92 Å². The summed E-state index contributed by atoms with van der Waals surface area (Å²) in [6.45, 7) is 0.447. The van der Waals surface area contributed by atoms with Crippen molar-refractivity contribution in [3.8, 4) is 5.75 Å². The third-order valence-corrected chi connectivity index (χ3v) is 4.64. The Kier molecular flexibility index (Phi) is 4.23. The number of rotatable bonds is 4. The smallest absolute Gasteiger partial charge is 0.422 e. The minimum Gasteiger partial charge on any atom is -0.482 e. The summed E-state index contributed by atoms with van der Waals surface area (Å²) < 4.78 is 41.7. The number of ether oxygens (including phenoxy) is 1. The second kappa shape index (κ2) is 6.03. The number of amides is 1. The molecule has 1 saturated heterocycles. The summed E-state index contributed by atoms with van der Waals surface area (Å²) in [5.74, 6) is -0.145. The molecule has 1 amide bonds. The van der Waals surface area contributed by atoms with Gasteiger partial charge >= 0.3 is 6.18 Å². The zero-order valence-corrected chi connectivity index (χ0v) is 12.6. The van der Waals surface area contributed by atoms with E-state index in [1.54, 1.807) is 18.2 Å². The molecule has 1 heterocycles. The topological polar surface area (TPSA) is 50.4 Å². The number of alkyl halides is 3. The summed E-state index contributed by atoms with van der Waals surface area (Å²) in [6, 6.07) is 6.21. The fraction of sp³-hybridized carbons (Fsp3) is 0.562. The fourth-order valence-electron chi connectivity index (χ4n) is 3.27. The monoisotopic (exact) mass is 328 g/mol. The summed E-state index contributed by atoms with van der Waals surface area (Å²) in [4.78, 5) is 12.4. The number of carbonyl (C=O) groups excluding carboxylic acids is 1. The molecule has 3 rings (SSSR count). The molecular formula is C16H19F3N2O2. The van der Waals surface area contributed by atoms with Crippen LogP contribution in [-0.4, -0.2) is 31.8 Å². The average Bonchev–Trinajstić information content (AvgIpc) is 3.19. The van der Waals surface area contributed by atoms with Crippen molar-refractivity contribution in [2.75, 3.05) is 25.0 Å². The fourth-order valence-corrected chi connectivity index (χ4v) is 3.27. The van der Waals surface area contributed by atoms with Crippen molar-refractivity contribution >= 4 is 11.6 Å². The number of para-hydroxylation sites is 2. The van der Waals surface area contributed by atoms with Gasteiger partial charge in [-0.05, 0) is 49.9 Å². The maximum atomic E-state index is 12.4. The van der Waals surface area contributed by atoms with Crippen LogP contribution in [0.25, 0.3) is 0 Å². The van der Waals surface area contributed by atoms with E-state index >= 15 is 0 Å². The molecule has 126 valence electrons. The highest BCUT2D eigenvalue weighted by atomic mass is 19.4. The highest BCUT2D eigenvalue weighted by Gasteiger charge is 2.57. The van der Waals surface area contributed by atoms with Crippen molar-refractivity contribution in [1.82, 2.24) is 5.32 Å². The van der Waals surface area contributed by atoms with Gasteiger partial charge in [0.15, 0.2) is 6.61 Å². The lowest BCUT2D eigenvalue weighted by Gasteiger charge is -2.23. The third kappa shape index (κ3) is 3.77. The lowest BCUT2D eigenvalue weighted by molar-refractivity contribution is -0.153. The second-order valence-electron chi connectivity index (χ2n) is 6.26. The van der Waals surface area contributed by atoms with Crippen LogP contribution in [0.1, 0.15) is 19.3 Å². The van der Waals surface area contributed by atoms with Crippen molar-refractivity contribution in [3.05, 3.63) is 24.3 Å². The Labute approximate surface area is 132 Å². The molecule has 1 aliphatic heterocycles. The Morgan fingerprint density at radius 1 is 1.30 bits per heavy atom. The number of anilines is 1. The SMILES string of the molecule is O=C(Nc1ccccc1OCC(F)(F)F)C1CC12CCNCC2. The third-order valence-electron chi connectivity index (χ3n) is 4.64. The number of nitrogens with one attached hydrogen (secondary N) is 2. The predicted octanol–water partition coefficient (Wildman–Crippen LogP) is 2.96. The summed E-state index contributed by atoms with van der Waals surface area (Å²) in [5.41, 5.74) is 0.370. The van der Waals surface area contributed by atoms with Crippen LogP contribution in [0.3, 0.4) is 0 Å². The van der Waals surface area contributed by atoms with E-state index in [4.69, 9.17) is 4.74 Å². The molecule has 1 unspecified atom stereocenters. The molecule has 0 radical (unpaired) electrons. The minimum absolute atomic E-state index is 0.0400. The van der Waals surface area contributed by atoms with Gasteiger partial charge < -0.3 is 15.4 Å². The number of carbonyl (C=O) groups is 1. The number of hydrogen-bond acceptors (Lipinski definition) is 3. The van der Waals surface area contributed by atoms with E-state index in [9.17, 15) is 18.0 Å². The molecule has 1 saturated carbocycles. The van der Waals surface area contributed by atoms with E-state index in [-0.39, 0.29) is 28.7 Å². The van der Waals surface area contributed by atoms with Crippen LogP contribution in [0.5, 0.6) is 5.75 Å².